The van der Waals surface area contributed by atoms with Gasteiger partial charge < -0.3 is 15.4 Å². The van der Waals surface area contributed by atoms with Gasteiger partial charge in [0.1, 0.15) is 16.6 Å². The first kappa shape index (κ1) is 26.6. The SMILES string of the molecule is C[C@H](Oc1ccc(F)cc1)C(=O)Nc1sc2c(c1C(=O)N[C@@H]1CCS(=O)(=O)C1)CC[C@H](C(C)(C)C)C2. The van der Waals surface area contributed by atoms with E-state index in [4.69, 9.17) is 4.74 Å². The standard InChI is InChI=1S/C26H33FN2O5S2/c1-15(34-19-8-6-17(27)7-9-19)23(30)29-25-22(24(31)28-18-11-12-36(32,33)14-18)20-10-5-16(26(2,3)4)13-21(20)35-25/h6-9,15-16,18H,5,10-14H2,1-4H3,(H,28,31)(H,29,30)/t15-,16-,18+/m0/s1. The predicted octanol–water partition coefficient (Wildman–Crippen LogP) is 4.36. The summed E-state index contributed by atoms with van der Waals surface area (Å²) in [6.07, 6.45) is 1.98. The molecule has 0 saturated carbocycles. The van der Waals surface area contributed by atoms with Crippen LogP contribution >= 0.6 is 11.3 Å². The van der Waals surface area contributed by atoms with E-state index in [9.17, 15) is 22.4 Å². The van der Waals surface area contributed by atoms with Crippen LogP contribution in [0, 0.1) is 17.2 Å². The lowest BCUT2D eigenvalue weighted by molar-refractivity contribution is -0.122. The molecular formula is C26H33FN2O5S2. The second kappa shape index (κ2) is 10.1. The molecule has 1 aliphatic heterocycles. The number of carbonyl (C=O) groups excluding carboxylic acids is 2. The minimum absolute atomic E-state index is 0.0643. The van der Waals surface area contributed by atoms with Gasteiger partial charge in [-0.3, -0.25) is 9.59 Å². The number of nitrogens with one attached hydrogen (secondary N) is 2. The maximum absolute atomic E-state index is 13.4. The van der Waals surface area contributed by atoms with E-state index < -0.39 is 33.7 Å². The zero-order chi connectivity index (χ0) is 26.3. The van der Waals surface area contributed by atoms with Gasteiger partial charge in [-0.05, 0) is 73.8 Å². The lowest BCUT2D eigenvalue weighted by Crippen LogP contribution is -2.37. The Morgan fingerprint density at radius 1 is 1.17 bits per heavy atom. The topological polar surface area (TPSA) is 102 Å². The summed E-state index contributed by atoms with van der Waals surface area (Å²) in [4.78, 5) is 27.5. The van der Waals surface area contributed by atoms with Crippen molar-refractivity contribution in [1.82, 2.24) is 5.32 Å². The number of hydrogen-bond acceptors (Lipinski definition) is 6. The van der Waals surface area contributed by atoms with E-state index in [1.807, 2.05) is 0 Å². The van der Waals surface area contributed by atoms with Crippen molar-refractivity contribution in [1.29, 1.82) is 0 Å². The molecule has 10 heteroatoms. The molecular weight excluding hydrogens is 503 g/mol. The Kier molecular flexibility index (Phi) is 7.48. The fourth-order valence-electron chi connectivity index (χ4n) is 4.80. The molecule has 2 N–H and O–H groups in total. The number of sulfone groups is 1. The Labute approximate surface area is 215 Å². The average Bonchev–Trinajstić information content (AvgIpc) is 3.32. The van der Waals surface area contributed by atoms with E-state index in [0.717, 1.165) is 29.7 Å². The van der Waals surface area contributed by atoms with Crippen molar-refractivity contribution in [2.24, 2.45) is 11.3 Å². The van der Waals surface area contributed by atoms with Gasteiger partial charge >= 0.3 is 0 Å². The van der Waals surface area contributed by atoms with Gasteiger partial charge in [-0.15, -0.1) is 11.3 Å². The van der Waals surface area contributed by atoms with Crippen LogP contribution in [0.5, 0.6) is 5.75 Å². The molecule has 0 bridgehead atoms. The molecule has 0 unspecified atom stereocenters. The van der Waals surface area contributed by atoms with Gasteiger partial charge in [0.2, 0.25) is 0 Å². The smallest absolute Gasteiger partial charge is 0.265 e. The number of rotatable bonds is 6. The first-order chi connectivity index (χ1) is 16.8. The molecule has 2 aromatic rings. The van der Waals surface area contributed by atoms with Gasteiger partial charge in [-0.25, -0.2) is 12.8 Å². The van der Waals surface area contributed by atoms with Crippen molar-refractivity contribution in [2.45, 2.75) is 65.5 Å². The second-order valence-corrected chi connectivity index (χ2v) is 14.1. The Bertz CT molecular complexity index is 1250. The number of carbonyl (C=O) groups is 2. The third-order valence-electron chi connectivity index (χ3n) is 7.02. The van der Waals surface area contributed by atoms with Crippen LogP contribution in [0.4, 0.5) is 9.39 Å². The molecule has 2 heterocycles. The summed E-state index contributed by atoms with van der Waals surface area (Å²) in [6, 6.07) is 4.97. The zero-order valence-electron chi connectivity index (χ0n) is 21.0. The van der Waals surface area contributed by atoms with E-state index in [-0.39, 0.29) is 22.8 Å². The highest BCUT2D eigenvalue weighted by molar-refractivity contribution is 7.91. The number of amides is 2. The molecule has 2 aliphatic rings. The third-order valence-corrected chi connectivity index (χ3v) is 9.95. The number of benzene rings is 1. The van der Waals surface area contributed by atoms with Crippen LogP contribution in [0.3, 0.4) is 0 Å². The van der Waals surface area contributed by atoms with Gasteiger partial charge in [0, 0.05) is 10.9 Å². The summed E-state index contributed by atoms with van der Waals surface area (Å²) >= 11 is 1.41. The van der Waals surface area contributed by atoms with Gasteiger partial charge in [0.15, 0.2) is 15.9 Å². The van der Waals surface area contributed by atoms with Gasteiger partial charge in [0.25, 0.3) is 11.8 Å². The van der Waals surface area contributed by atoms with Crippen LogP contribution in [0.15, 0.2) is 24.3 Å². The number of hydrogen-bond donors (Lipinski definition) is 2. The molecule has 1 aliphatic carbocycles. The molecule has 196 valence electrons. The molecule has 36 heavy (non-hydrogen) atoms. The van der Waals surface area contributed by atoms with Crippen LogP contribution in [-0.2, 0) is 27.5 Å². The van der Waals surface area contributed by atoms with Gasteiger partial charge in [0.05, 0.1) is 17.1 Å². The highest BCUT2D eigenvalue weighted by Gasteiger charge is 2.36. The molecule has 1 aromatic carbocycles. The van der Waals surface area contributed by atoms with Crippen molar-refractivity contribution in [3.63, 3.8) is 0 Å². The van der Waals surface area contributed by atoms with Crippen LogP contribution < -0.4 is 15.4 Å². The summed E-state index contributed by atoms with van der Waals surface area (Å²) in [5.74, 6) is -0.380. The van der Waals surface area contributed by atoms with Gasteiger partial charge in [-0.1, -0.05) is 20.8 Å². The maximum atomic E-state index is 13.4. The number of halogens is 1. The quantitative estimate of drug-likeness (QED) is 0.571. The fourth-order valence-corrected chi connectivity index (χ4v) is 7.81. The lowest BCUT2D eigenvalue weighted by atomic mass is 9.72. The van der Waals surface area contributed by atoms with Crippen LogP contribution in [0.1, 0.15) is 61.3 Å². The predicted molar refractivity (Wildman–Crippen MR) is 139 cm³/mol. The monoisotopic (exact) mass is 536 g/mol. The zero-order valence-corrected chi connectivity index (χ0v) is 22.7. The summed E-state index contributed by atoms with van der Waals surface area (Å²) in [5, 5.41) is 6.21. The second-order valence-electron chi connectivity index (χ2n) is 10.8. The fraction of sp³-hybridized carbons (Fsp3) is 0.538. The molecule has 0 spiro atoms. The van der Waals surface area contributed by atoms with Crippen LogP contribution in [0.25, 0.3) is 0 Å². The number of ether oxygens (including phenoxy) is 1. The molecule has 1 aromatic heterocycles. The first-order valence-corrected chi connectivity index (χ1v) is 14.8. The molecule has 4 rings (SSSR count). The van der Waals surface area contributed by atoms with E-state index in [1.165, 1.54) is 35.6 Å². The number of anilines is 1. The molecule has 0 radical (unpaired) electrons. The van der Waals surface area contributed by atoms with E-state index >= 15 is 0 Å². The summed E-state index contributed by atoms with van der Waals surface area (Å²) in [7, 11) is -3.15. The highest BCUT2D eigenvalue weighted by Crippen LogP contribution is 2.44. The third kappa shape index (κ3) is 6.08. The normalized spacial score (nSPS) is 21.9. The van der Waals surface area contributed by atoms with Crippen molar-refractivity contribution in [3.8, 4) is 5.75 Å². The summed E-state index contributed by atoms with van der Waals surface area (Å²) in [5.41, 5.74) is 1.47. The lowest BCUT2D eigenvalue weighted by Gasteiger charge is -2.33. The molecule has 3 atom stereocenters. The molecule has 7 nitrogen and oxygen atoms in total. The Morgan fingerprint density at radius 2 is 1.86 bits per heavy atom. The largest absolute Gasteiger partial charge is 0.481 e. The summed E-state index contributed by atoms with van der Waals surface area (Å²) < 4.78 is 42.6. The molecule has 1 fully saturated rings. The van der Waals surface area contributed by atoms with Crippen LogP contribution in [-0.4, -0.2) is 43.9 Å². The number of fused-ring (bicyclic) bond motifs is 1. The Morgan fingerprint density at radius 3 is 2.47 bits per heavy atom. The first-order valence-electron chi connectivity index (χ1n) is 12.2. The maximum Gasteiger partial charge on any atom is 0.265 e. The van der Waals surface area contributed by atoms with Crippen molar-refractivity contribution >= 4 is 38.0 Å². The Hall–Kier alpha value is -2.46. The van der Waals surface area contributed by atoms with E-state index in [2.05, 4.69) is 31.4 Å². The van der Waals surface area contributed by atoms with Gasteiger partial charge in [-0.2, -0.15) is 0 Å². The van der Waals surface area contributed by atoms with Crippen molar-refractivity contribution in [2.75, 3.05) is 16.8 Å². The Balaban J connectivity index is 1.57. The van der Waals surface area contributed by atoms with Crippen molar-refractivity contribution < 1.29 is 27.1 Å². The minimum Gasteiger partial charge on any atom is -0.481 e. The van der Waals surface area contributed by atoms with Crippen LogP contribution in [0.2, 0.25) is 0 Å². The minimum atomic E-state index is -3.15. The average molecular weight is 537 g/mol. The number of thiophene rings is 1. The van der Waals surface area contributed by atoms with Crippen molar-refractivity contribution in [3.05, 3.63) is 46.1 Å². The van der Waals surface area contributed by atoms with E-state index in [0.29, 0.717) is 28.7 Å². The molecule has 1 saturated heterocycles. The molecule has 2 amide bonds. The summed E-state index contributed by atoms with van der Waals surface area (Å²) in [6.45, 7) is 8.22. The highest BCUT2D eigenvalue weighted by atomic mass is 32.2. The van der Waals surface area contributed by atoms with E-state index in [1.54, 1.807) is 6.92 Å².